The average Bonchev–Trinajstić information content (AvgIpc) is 3.39. The van der Waals surface area contributed by atoms with E-state index in [4.69, 9.17) is 4.98 Å². The Balaban J connectivity index is 1.63. The molecule has 0 fully saturated rings. The molecule has 0 aliphatic rings. The summed E-state index contributed by atoms with van der Waals surface area (Å²) in [5.41, 5.74) is 4.02. The zero-order chi connectivity index (χ0) is 21.4. The van der Waals surface area contributed by atoms with Gasteiger partial charge in [0.25, 0.3) is 0 Å². The molecule has 5 aromatic rings. The van der Waals surface area contributed by atoms with Crippen LogP contribution >= 0.6 is 15.9 Å². The lowest BCUT2D eigenvalue weighted by molar-refractivity contribution is 0.622. The molecule has 0 N–H and O–H groups in total. The molecule has 0 aliphatic carbocycles. The molecule has 0 amide bonds. The Bertz CT molecular complexity index is 1360. The number of halogens is 3. The van der Waals surface area contributed by atoms with Gasteiger partial charge in [0.1, 0.15) is 17.5 Å². The molecule has 5 nitrogen and oxygen atoms in total. The second-order valence-corrected chi connectivity index (χ2v) is 8.07. The average molecular weight is 480 g/mol. The summed E-state index contributed by atoms with van der Waals surface area (Å²) in [5, 5.41) is 0. The summed E-state index contributed by atoms with van der Waals surface area (Å²) < 4.78 is 31.9. The summed E-state index contributed by atoms with van der Waals surface area (Å²) in [7, 11) is 0. The van der Waals surface area contributed by atoms with E-state index < -0.39 is 0 Å². The minimum Gasteiger partial charge on any atom is -0.333 e. The molecule has 0 saturated carbocycles. The van der Waals surface area contributed by atoms with Crippen LogP contribution in [0.4, 0.5) is 8.78 Å². The largest absolute Gasteiger partial charge is 0.333 e. The van der Waals surface area contributed by atoms with Gasteiger partial charge in [0.2, 0.25) is 0 Å². The Kier molecular flexibility index (Phi) is 5.07. The van der Waals surface area contributed by atoms with Gasteiger partial charge in [-0.2, -0.15) is 0 Å². The van der Waals surface area contributed by atoms with Crippen molar-refractivity contribution in [2.75, 3.05) is 0 Å². The normalized spacial score (nSPS) is 11.3. The Labute approximate surface area is 185 Å². The van der Waals surface area contributed by atoms with Crippen LogP contribution in [0.15, 0.2) is 78.1 Å². The fourth-order valence-electron chi connectivity index (χ4n) is 3.56. The van der Waals surface area contributed by atoms with Gasteiger partial charge in [0.05, 0.1) is 28.4 Å². The van der Waals surface area contributed by atoms with Crippen LogP contribution in [-0.4, -0.2) is 24.1 Å². The van der Waals surface area contributed by atoms with Crippen molar-refractivity contribution in [3.05, 3.63) is 101 Å². The Hall–Kier alpha value is -3.39. The summed E-state index contributed by atoms with van der Waals surface area (Å²) in [6.07, 6.45) is 8.90. The zero-order valence-corrected chi connectivity index (χ0v) is 17.8. The summed E-state index contributed by atoms with van der Waals surface area (Å²) in [6.45, 7) is 1.08. The highest BCUT2D eigenvalue weighted by Gasteiger charge is 2.16. The smallest absolute Gasteiger partial charge is 0.143 e. The minimum absolute atomic E-state index is 0.291. The molecule has 0 aliphatic heterocycles. The van der Waals surface area contributed by atoms with Crippen LogP contribution in [0, 0.1) is 11.6 Å². The predicted octanol–water partition coefficient (Wildman–Crippen LogP) is 5.43. The monoisotopic (exact) mass is 479 g/mol. The second kappa shape index (κ2) is 8.03. The molecule has 0 unspecified atom stereocenters. The summed E-state index contributed by atoms with van der Waals surface area (Å²) in [6, 6.07) is 11.5. The summed E-state index contributed by atoms with van der Waals surface area (Å²) in [5.74, 6) is -0.00467. The number of benzene rings is 2. The van der Waals surface area contributed by atoms with E-state index >= 15 is 0 Å². The summed E-state index contributed by atoms with van der Waals surface area (Å²) in [4.78, 5) is 13.2. The lowest BCUT2D eigenvalue weighted by Crippen LogP contribution is -2.04. The standard InChI is InChI=1S/C23H16BrF2N5/c24-19-8-22-21(9-20(19)26)29-23(31(22)13-15-1-3-18(25)4-2-15)17-7-16(10-28-11-17)12-30-6-5-27-14-30/h1-11,14H,12-13H2. The SMILES string of the molecule is Fc1ccc(Cn2c(-c3cncc(Cn4ccnc4)c3)nc3cc(F)c(Br)cc32)cc1. The third-order valence-electron chi connectivity index (χ3n) is 5.02. The Morgan fingerprint density at radius 3 is 2.52 bits per heavy atom. The van der Waals surface area contributed by atoms with Crippen LogP contribution in [0.2, 0.25) is 0 Å². The van der Waals surface area contributed by atoms with Crippen molar-refractivity contribution in [3.8, 4) is 11.4 Å². The van der Waals surface area contributed by atoms with Crippen LogP contribution < -0.4 is 0 Å². The van der Waals surface area contributed by atoms with Gasteiger partial charge in [-0.15, -0.1) is 0 Å². The fraction of sp³-hybridized carbons (Fsp3) is 0.0870. The van der Waals surface area contributed by atoms with E-state index in [-0.39, 0.29) is 11.6 Å². The fourth-order valence-corrected chi connectivity index (χ4v) is 3.89. The van der Waals surface area contributed by atoms with Crippen molar-refractivity contribution in [1.29, 1.82) is 0 Å². The first kappa shape index (κ1) is 19.6. The van der Waals surface area contributed by atoms with E-state index in [2.05, 4.69) is 25.9 Å². The Morgan fingerprint density at radius 1 is 0.903 bits per heavy atom. The van der Waals surface area contributed by atoms with Gasteiger partial charge in [-0.1, -0.05) is 12.1 Å². The highest BCUT2D eigenvalue weighted by Crippen LogP contribution is 2.30. The molecule has 0 bridgehead atoms. The number of imidazole rings is 2. The molecule has 0 saturated heterocycles. The number of hydrogen-bond acceptors (Lipinski definition) is 3. The predicted molar refractivity (Wildman–Crippen MR) is 117 cm³/mol. The van der Waals surface area contributed by atoms with E-state index in [1.807, 2.05) is 21.4 Å². The highest BCUT2D eigenvalue weighted by molar-refractivity contribution is 9.10. The number of fused-ring (bicyclic) bond motifs is 1. The molecule has 31 heavy (non-hydrogen) atoms. The van der Waals surface area contributed by atoms with E-state index in [1.165, 1.54) is 18.2 Å². The van der Waals surface area contributed by atoms with E-state index in [1.54, 1.807) is 43.1 Å². The minimum atomic E-state index is -0.377. The molecule has 0 radical (unpaired) electrons. The van der Waals surface area contributed by atoms with E-state index in [0.717, 1.165) is 22.2 Å². The maximum atomic E-state index is 14.2. The molecule has 154 valence electrons. The molecule has 5 rings (SSSR count). The molecular formula is C23H16BrF2N5. The first-order valence-electron chi connectivity index (χ1n) is 9.56. The van der Waals surface area contributed by atoms with Crippen molar-refractivity contribution in [2.24, 2.45) is 0 Å². The number of pyridine rings is 1. The zero-order valence-electron chi connectivity index (χ0n) is 16.2. The van der Waals surface area contributed by atoms with Crippen molar-refractivity contribution in [3.63, 3.8) is 0 Å². The van der Waals surface area contributed by atoms with Crippen LogP contribution in [0.25, 0.3) is 22.4 Å². The molecular weight excluding hydrogens is 464 g/mol. The molecule has 2 aromatic carbocycles. The molecule has 8 heteroatoms. The maximum Gasteiger partial charge on any atom is 0.143 e. The van der Waals surface area contributed by atoms with Crippen molar-refractivity contribution in [1.82, 2.24) is 24.1 Å². The van der Waals surface area contributed by atoms with Gasteiger partial charge in [-0.3, -0.25) is 4.98 Å². The van der Waals surface area contributed by atoms with Crippen molar-refractivity contribution < 1.29 is 8.78 Å². The topological polar surface area (TPSA) is 48.5 Å². The first-order chi connectivity index (χ1) is 15.1. The lowest BCUT2D eigenvalue weighted by atomic mass is 10.1. The van der Waals surface area contributed by atoms with E-state index in [0.29, 0.717) is 28.9 Å². The quantitative estimate of drug-likeness (QED) is 0.337. The van der Waals surface area contributed by atoms with Crippen LogP contribution in [0.1, 0.15) is 11.1 Å². The highest BCUT2D eigenvalue weighted by atomic mass is 79.9. The number of hydrogen-bond donors (Lipinski definition) is 0. The second-order valence-electron chi connectivity index (χ2n) is 7.22. The first-order valence-corrected chi connectivity index (χ1v) is 10.4. The third kappa shape index (κ3) is 3.98. The van der Waals surface area contributed by atoms with Crippen LogP contribution in [0.3, 0.4) is 0 Å². The van der Waals surface area contributed by atoms with Gasteiger partial charge >= 0.3 is 0 Å². The molecule has 3 aromatic heterocycles. The van der Waals surface area contributed by atoms with Crippen LogP contribution in [0.5, 0.6) is 0 Å². The van der Waals surface area contributed by atoms with Crippen molar-refractivity contribution in [2.45, 2.75) is 13.1 Å². The number of rotatable bonds is 5. The maximum absolute atomic E-state index is 14.2. The molecule has 3 heterocycles. The van der Waals surface area contributed by atoms with Gasteiger partial charge in [-0.25, -0.2) is 18.7 Å². The van der Waals surface area contributed by atoms with Gasteiger partial charge in [0.15, 0.2) is 0 Å². The lowest BCUT2D eigenvalue weighted by Gasteiger charge is -2.11. The molecule has 0 atom stereocenters. The summed E-state index contributed by atoms with van der Waals surface area (Å²) >= 11 is 3.27. The van der Waals surface area contributed by atoms with Crippen LogP contribution in [-0.2, 0) is 13.1 Å². The number of aromatic nitrogens is 5. The van der Waals surface area contributed by atoms with Gasteiger partial charge in [0, 0.05) is 43.0 Å². The van der Waals surface area contributed by atoms with Gasteiger partial charge < -0.3 is 9.13 Å². The van der Waals surface area contributed by atoms with Gasteiger partial charge in [-0.05, 0) is 51.3 Å². The third-order valence-corrected chi connectivity index (χ3v) is 5.63. The van der Waals surface area contributed by atoms with E-state index in [9.17, 15) is 8.78 Å². The molecule has 0 spiro atoms. The Morgan fingerprint density at radius 2 is 1.74 bits per heavy atom. The number of nitrogens with zero attached hydrogens (tertiary/aromatic N) is 5. The van der Waals surface area contributed by atoms with Crippen molar-refractivity contribution >= 4 is 27.0 Å².